The molecule has 2 aromatic carbocycles. The first kappa shape index (κ1) is 18.6. The van der Waals surface area contributed by atoms with Crippen LogP contribution in [0.15, 0.2) is 54.6 Å². The minimum atomic E-state index is -0.258. The lowest BCUT2D eigenvalue weighted by Crippen LogP contribution is -2.40. The van der Waals surface area contributed by atoms with E-state index in [0.29, 0.717) is 23.1 Å². The molecule has 1 N–H and O–H groups in total. The fourth-order valence-corrected chi connectivity index (χ4v) is 6.25. The van der Waals surface area contributed by atoms with E-state index in [2.05, 4.69) is 17.5 Å². The summed E-state index contributed by atoms with van der Waals surface area (Å²) in [6.45, 7) is 3.97. The molecule has 2 bridgehead atoms. The molecule has 5 aliphatic rings. The first-order chi connectivity index (χ1) is 14.9. The number of nitrogens with zero attached hydrogens (tertiary/aromatic N) is 1. The van der Waals surface area contributed by atoms with Gasteiger partial charge in [-0.25, -0.2) is 4.90 Å². The van der Waals surface area contributed by atoms with E-state index in [1.165, 1.54) is 4.90 Å². The fraction of sp³-hybridized carbons (Fsp3) is 0.346. The average Bonchev–Trinajstić information content (AvgIpc) is 3.51. The minimum absolute atomic E-state index is 0.105. The van der Waals surface area contributed by atoms with Gasteiger partial charge in [-0.2, -0.15) is 0 Å². The van der Waals surface area contributed by atoms with Crippen molar-refractivity contribution in [3.63, 3.8) is 0 Å². The first-order valence-electron chi connectivity index (χ1n) is 11.0. The van der Waals surface area contributed by atoms with Crippen molar-refractivity contribution in [1.82, 2.24) is 0 Å². The van der Waals surface area contributed by atoms with Crippen LogP contribution in [0.25, 0.3) is 0 Å². The summed E-state index contributed by atoms with van der Waals surface area (Å²) in [6.07, 6.45) is 5.48. The first-order valence-corrected chi connectivity index (χ1v) is 11.0. The van der Waals surface area contributed by atoms with Crippen LogP contribution in [0.5, 0.6) is 0 Å². The van der Waals surface area contributed by atoms with Gasteiger partial charge < -0.3 is 5.32 Å². The third kappa shape index (κ3) is 2.72. The van der Waals surface area contributed by atoms with Gasteiger partial charge in [0.1, 0.15) is 0 Å². The Morgan fingerprint density at radius 1 is 0.903 bits per heavy atom. The van der Waals surface area contributed by atoms with Crippen molar-refractivity contribution >= 4 is 29.1 Å². The summed E-state index contributed by atoms with van der Waals surface area (Å²) >= 11 is 0. The Kier molecular flexibility index (Phi) is 3.83. The van der Waals surface area contributed by atoms with Crippen LogP contribution >= 0.6 is 0 Å². The van der Waals surface area contributed by atoms with Gasteiger partial charge >= 0.3 is 0 Å². The molecule has 1 heterocycles. The number of hydrogen-bond acceptors (Lipinski definition) is 3. The summed E-state index contributed by atoms with van der Waals surface area (Å²) < 4.78 is 0. The van der Waals surface area contributed by atoms with Crippen LogP contribution in [0, 0.1) is 49.4 Å². The highest BCUT2D eigenvalue weighted by Crippen LogP contribution is 2.65. The second-order valence-electron chi connectivity index (χ2n) is 9.55. The molecule has 2 aromatic rings. The number of benzene rings is 2. The lowest BCUT2D eigenvalue weighted by atomic mass is 9.63. The van der Waals surface area contributed by atoms with Crippen molar-refractivity contribution in [3.8, 4) is 0 Å². The van der Waals surface area contributed by atoms with E-state index in [1.807, 2.05) is 32.0 Å². The van der Waals surface area contributed by atoms with Crippen LogP contribution in [0.3, 0.4) is 0 Å². The van der Waals surface area contributed by atoms with Crippen LogP contribution in [-0.2, 0) is 9.59 Å². The molecule has 1 aliphatic heterocycles. The van der Waals surface area contributed by atoms with E-state index in [0.717, 1.165) is 23.2 Å². The Morgan fingerprint density at radius 3 is 2.13 bits per heavy atom. The highest BCUT2D eigenvalue weighted by Gasteiger charge is 2.67. The van der Waals surface area contributed by atoms with Crippen LogP contribution in [0.2, 0.25) is 0 Å². The molecule has 1 saturated heterocycles. The SMILES string of the molecule is Cc1cc(C)cc(NC(=O)c2cccc(N3C(=O)[C@@H]4[C@H]5C=C[C@@H]([C@@H]6C[C@H]56)[C@H]4C3=O)c2)c1. The monoisotopic (exact) mass is 412 g/mol. The van der Waals surface area contributed by atoms with Gasteiger partial charge in [-0.15, -0.1) is 0 Å². The molecule has 7 rings (SSSR count). The van der Waals surface area contributed by atoms with Gasteiger partial charge in [0.15, 0.2) is 0 Å². The molecule has 31 heavy (non-hydrogen) atoms. The topological polar surface area (TPSA) is 66.5 Å². The summed E-state index contributed by atoms with van der Waals surface area (Å²) in [7, 11) is 0. The number of aryl methyl sites for hydroxylation is 2. The van der Waals surface area contributed by atoms with Crippen molar-refractivity contribution in [2.24, 2.45) is 35.5 Å². The number of carbonyl (C=O) groups excluding carboxylic acids is 3. The van der Waals surface area contributed by atoms with Crippen molar-refractivity contribution in [3.05, 3.63) is 71.3 Å². The van der Waals surface area contributed by atoms with Gasteiger partial charge in [0.25, 0.3) is 5.91 Å². The highest BCUT2D eigenvalue weighted by molar-refractivity contribution is 6.23. The third-order valence-corrected chi connectivity index (χ3v) is 7.51. The molecule has 0 radical (unpaired) electrons. The molecule has 3 fully saturated rings. The molecule has 5 nitrogen and oxygen atoms in total. The molecule has 0 aromatic heterocycles. The smallest absolute Gasteiger partial charge is 0.255 e. The summed E-state index contributed by atoms with van der Waals surface area (Å²) in [5.74, 6) is 0.586. The summed E-state index contributed by atoms with van der Waals surface area (Å²) in [5, 5.41) is 2.93. The number of hydrogen-bond donors (Lipinski definition) is 1. The van der Waals surface area contributed by atoms with E-state index in [9.17, 15) is 14.4 Å². The summed E-state index contributed by atoms with van der Waals surface area (Å²) in [4.78, 5) is 40.8. The number of nitrogens with one attached hydrogen (secondary N) is 1. The van der Waals surface area contributed by atoms with Gasteiger partial charge in [0.2, 0.25) is 11.8 Å². The molecule has 2 saturated carbocycles. The quantitative estimate of drug-likeness (QED) is 0.609. The maximum atomic E-state index is 13.3. The maximum absolute atomic E-state index is 13.3. The Bertz CT molecular complexity index is 1130. The maximum Gasteiger partial charge on any atom is 0.255 e. The van der Waals surface area contributed by atoms with Gasteiger partial charge in [-0.05, 0) is 85.4 Å². The summed E-state index contributed by atoms with van der Waals surface area (Å²) in [5.41, 5.74) is 3.79. The van der Waals surface area contributed by atoms with Crippen molar-refractivity contribution in [2.45, 2.75) is 20.3 Å². The normalized spacial score (nSPS) is 32.1. The molecular formula is C26H24N2O3. The molecule has 0 unspecified atom stereocenters. The molecule has 156 valence electrons. The van der Waals surface area contributed by atoms with E-state index in [-0.39, 0.29) is 41.4 Å². The summed E-state index contributed by atoms with van der Waals surface area (Å²) in [6, 6.07) is 12.7. The second-order valence-corrected chi connectivity index (χ2v) is 9.55. The van der Waals surface area contributed by atoms with Gasteiger partial charge in [0, 0.05) is 11.3 Å². The molecule has 4 aliphatic carbocycles. The molecule has 3 amide bonds. The van der Waals surface area contributed by atoms with E-state index in [1.54, 1.807) is 24.3 Å². The van der Waals surface area contributed by atoms with Crippen LogP contribution in [-0.4, -0.2) is 17.7 Å². The Balaban J connectivity index is 1.28. The minimum Gasteiger partial charge on any atom is -0.322 e. The number of amides is 3. The Morgan fingerprint density at radius 2 is 1.52 bits per heavy atom. The predicted octanol–water partition coefficient (Wildman–Crippen LogP) is 4.11. The number of imide groups is 1. The van der Waals surface area contributed by atoms with Crippen molar-refractivity contribution in [1.29, 1.82) is 0 Å². The van der Waals surface area contributed by atoms with E-state index < -0.39 is 0 Å². The number of rotatable bonds is 3. The zero-order valence-electron chi connectivity index (χ0n) is 17.5. The van der Waals surface area contributed by atoms with Gasteiger partial charge in [0.05, 0.1) is 17.5 Å². The fourth-order valence-electron chi connectivity index (χ4n) is 6.25. The van der Waals surface area contributed by atoms with Crippen molar-refractivity contribution < 1.29 is 14.4 Å². The van der Waals surface area contributed by atoms with Gasteiger partial charge in [-0.3, -0.25) is 14.4 Å². The Labute approximate surface area is 181 Å². The highest BCUT2D eigenvalue weighted by atomic mass is 16.2. The number of anilines is 2. The zero-order chi connectivity index (χ0) is 21.4. The lowest BCUT2D eigenvalue weighted by Gasteiger charge is -2.37. The largest absolute Gasteiger partial charge is 0.322 e. The molecule has 5 heteroatoms. The molecular weight excluding hydrogens is 388 g/mol. The lowest BCUT2D eigenvalue weighted by molar-refractivity contribution is -0.124. The standard InChI is InChI=1S/C26H24N2O3/c1-13-8-14(2)10-16(9-13)27-24(29)15-4-3-5-17(11-15)28-25(30)22-18-6-7-19(21-12-20(18)21)23(22)26(28)31/h3-11,18-23H,12H2,1-2H3,(H,27,29)/t18-,19-,20-,21+,22+,23+/m0/s1. The average molecular weight is 412 g/mol. The predicted molar refractivity (Wildman–Crippen MR) is 118 cm³/mol. The van der Waals surface area contributed by atoms with Gasteiger partial charge in [-0.1, -0.05) is 24.3 Å². The molecule has 6 atom stereocenters. The number of allylic oxidation sites excluding steroid dienone is 2. The Hall–Kier alpha value is -3.21. The van der Waals surface area contributed by atoms with E-state index in [4.69, 9.17) is 0 Å². The third-order valence-electron chi connectivity index (χ3n) is 7.51. The van der Waals surface area contributed by atoms with Crippen molar-refractivity contribution in [2.75, 3.05) is 10.2 Å². The van der Waals surface area contributed by atoms with Crippen LogP contribution in [0.1, 0.15) is 27.9 Å². The molecule has 0 spiro atoms. The second kappa shape index (κ2) is 6.39. The number of carbonyl (C=O) groups is 3. The van der Waals surface area contributed by atoms with Crippen LogP contribution in [0.4, 0.5) is 11.4 Å². The van der Waals surface area contributed by atoms with Crippen LogP contribution < -0.4 is 10.2 Å². The zero-order valence-corrected chi connectivity index (χ0v) is 17.5. The van der Waals surface area contributed by atoms with E-state index >= 15 is 0 Å².